The molecule has 1 aliphatic rings. The molecule has 2 amide bonds. The Hall–Kier alpha value is -2.66. The van der Waals surface area contributed by atoms with E-state index in [9.17, 15) is 9.59 Å². The maximum atomic E-state index is 11.6. The number of fused-ring (bicyclic) bond motifs is 1. The quantitative estimate of drug-likeness (QED) is 0.882. The first-order chi connectivity index (χ1) is 11.0. The van der Waals surface area contributed by atoms with Crippen molar-refractivity contribution >= 4 is 23.2 Å². The Morgan fingerprint density at radius 1 is 1.04 bits per heavy atom. The van der Waals surface area contributed by atoms with Crippen molar-refractivity contribution in [2.24, 2.45) is 0 Å². The highest BCUT2D eigenvalue weighted by Crippen LogP contribution is 2.32. The van der Waals surface area contributed by atoms with Gasteiger partial charge in [0.05, 0.1) is 11.4 Å². The van der Waals surface area contributed by atoms with E-state index in [4.69, 9.17) is 0 Å². The highest BCUT2D eigenvalue weighted by Gasteiger charge is 2.27. The zero-order chi connectivity index (χ0) is 16.4. The first kappa shape index (κ1) is 15.2. The molecule has 1 aliphatic heterocycles. The summed E-state index contributed by atoms with van der Waals surface area (Å²) in [5, 5.41) is 6.57. The van der Waals surface area contributed by atoms with Crippen molar-refractivity contribution in [2.45, 2.75) is 20.0 Å². The molecule has 0 aliphatic carbocycles. The van der Waals surface area contributed by atoms with E-state index in [1.165, 1.54) is 5.56 Å². The van der Waals surface area contributed by atoms with Crippen molar-refractivity contribution in [3.05, 3.63) is 59.2 Å². The van der Waals surface area contributed by atoms with E-state index in [1.54, 1.807) is 6.07 Å². The maximum Gasteiger partial charge on any atom is 0.335 e. The van der Waals surface area contributed by atoms with Crippen LogP contribution in [0.2, 0.25) is 0 Å². The smallest absolute Gasteiger partial charge is 0.316 e. The van der Waals surface area contributed by atoms with Gasteiger partial charge in [-0.25, -0.2) is 5.32 Å². The van der Waals surface area contributed by atoms with Crippen LogP contribution in [-0.2, 0) is 22.7 Å². The number of amides is 2. The average molecular weight is 308 g/mol. The fraction of sp³-hybridized carbons (Fsp3) is 0.222. The molecular formula is C18H18N3O2. The molecule has 0 unspecified atom stereocenters. The number of benzene rings is 2. The lowest BCUT2D eigenvalue weighted by atomic mass is 10.0. The van der Waals surface area contributed by atoms with Crippen LogP contribution < -0.4 is 10.6 Å². The molecule has 2 aromatic rings. The second kappa shape index (κ2) is 6.22. The van der Waals surface area contributed by atoms with Gasteiger partial charge >= 0.3 is 11.8 Å². The number of carbonyl (C=O) groups excluding carboxylic acids is 2. The van der Waals surface area contributed by atoms with Gasteiger partial charge in [-0.1, -0.05) is 36.4 Å². The molecule has 23 heavy (non-hydrogen) atoms. The standard InChI is InChI=1S/C18H18N3O2/c1-12-8-9-15-16(20-18(23)17(22)19-15)14(12)11-21(2)10-13-6-4-3-5-7-13/h3-9H,10-11H2,1-2H3,(H,19,22). The minimum atomic E-state index is -0.741. The topological polar surface area (TPSA) is 63.5 Å². The van der Waals surface area contributed by atoms with Crippen molar-refractivity contribution < 1.29 is 9.59 Å². The first-order valence-corrected chi connectivity index (χ1v) is 7.46. The lowest BCUT2D eigenvalue weighted by Gasteiger charge is -2.24. The minimum absolute atomic E-state index is 0.578. The van der Waals surface area contributed by atoms with Gasteiger partial charge < -0.3 is 5.32 Å². The van der Waals surface area contributed by atoms with Crippen molar-refractivity contribution in [3.63, 3.8) is 0 Å². The van der Waals surface area contributed by atoms with Crippen LogP contribution in [0.1, 0.15) is 16.7 Å². The van der Waals surface area contributed by atoms with Gasteiger partial charge in [-0.05, 0) is 36.7 Å². The van der Waals surface area contributed by atoms with E-state index in [-0.39, 0.29) is 0 Å². The summed E-state index contributed by atoms with van der Waals surface area (Å²) in [6.45, 7) is 3.43. The Morgan fingerprint density at radius 2 is 1.78 bits per heavy atom. The van der Waals surface area contributed by atoms with Crippen molar-refractivity contribution in [1.29, 1.82) is 0 Å². The number of rotatable bonds is 4. The third-order valence-corrected chi connectivity index (χ3v) is 3.90. The largest absolute Gasteiger partial charge is 0.335 e. The van der Waals surface area contributed by atoms with Gasteiger partial charge in [-0.15, -0.1) is 0 Å². The summed E-state index contributed by atoms with van der Waals surface area (Å²) in [4.78, 5) is 25.2. The SMILES string of the molecule is Cc1ccc2c(c1CN(C)Cc1ccccc1)[N]C(=O)C(=O)N2. The molecule has 0 spiro atoms. The molecule has 0 bridgehead atoms. The zero-order valence-corrected chi connectivity index (χ0v) is 13.2. The van der Waals surface area contributed by atoms with E-state index < -0.39 is 11.8 Å². The van der Waals surface area contributed by atoms with Crippen LogP contribution in [0, 0.1) is 6.92 Å². The van der Waals surface area contributed by atoms with Gasteiger partial charge in [0.2, 0.25) is 0 Å². The van der Waals surface area contributed by atoms with Crippen LogP contribution in [0.5, 0.6) is 0 Å². The fourth-order valence-electron chi connectivity index (χ4n) is 2.71. The molecule has 1 N–H and O–H groups in total. The van der Waals surface area contributed by atoms with Crippen LogP contribution in [-0.4, -0.2) is 23.8 Å². The van der Waals surface area contributed by atoms with E-state index >= 15 is 0 Å². The molecule has 3 rings (SSSR count). The lowest BCUT2D eigenvalue weighted by Crippen LogP contribution is -2.34. The van der Waals surface area contributed by atoms with E-state index in [1.807, 2.05) is 38.2 Å². The Morgan fingerprint density at radius 3 is 2.52 bits per heavy atom. The monoisotopic (exact) mass is 308 g/mol. The molecule has 0 atom stereocenters. The second-order valence-electron chi connectivity index (χ2n) is 5.79. The van der Waals surface area contributed by atoms with Gasteiger partial charge in [0.15, 0.2) is 0 Å². The number of anilines is 1. The summed E-state index contributed by atoms with van der Waals surface area (Å²) in [6.07, 6.45) is 0. The Labute approximate surface area is 135 Å². The Bertz CT molecular complexity index is 756. The summed E-state index contributed by atoms with van der Waals surface area (Å²) in [6, 6.07) is 13.9. The fourth-order valence-corrected chi connectivity index (χ4v) is 2.71. The van der Waals surface area contributed by atoms with Crippen LogP contribution >= 0.6 is 0 Å². The van der Waals surface area contributed by atoms with Crippen LogP contribution in [0.4, 0.5) is 11.4 Å². The minimum Gasteiger partial charge on any atom is -0.316 e. The molecule has 0 saturated carbocycles. The molecule has 0 saturated heterocycles. The lowest BCUT2D eigenvalue weighted by molar-refractivity contribution is -0.135. The van der Waals surface area contributed by atoms with E-state index in [0.29, 0.717) is 17.9 Å². The van der Waals surface area contributed by atoms with Crippen molar-refractivity contribution in [1.82, 2.24) is 10.2 Å². The number of nitrogens with zero attached hydrogens (tertiary/aromatic N) is 2. The van der Waals surface area contributed by atoms with Gasteiger partial charge in [0.1, 0.15) is 0 Å². The average Bonchev–Trinajstić information content (AvgIpc) is 2.53. The number of carbonyl (C=O) groups is 2. The summed E-state index contributed by atoms with van der Waals surface area (Å²) >= 11 is 0. The third-order valence-electron chi connectivity index (χ3n) is 3.90. The molecule has 1 heterocycles. The molecule has 5 nitrogen and oxygen atoms in total. The molecule has 1 radical (unpaired) electrons. The normalized spacial score (nSPS) is 13.5. The molecule has 117 valence electrons. The summed E-state index contributed by atoms with van der Waals surface area (Å²) in [7, 11) is 2.02. The molecule has 0 fully saturated rings. The number of hydrogen-bond acceptors (Lipinski definition) is 3. The van der Waals surface area contributed by atoms with Gasteiger partial charge in [-0.2, -0.15) is 0 Å². The van der Waals surface area contributed by atoms with Gasteiger partial charge in [-0.3, -0.25) is 14.5 Å². The summed E-state index contributed by atoms with van der Waals surface area (Å²) in [5.74, 6) is -1.42. The van der Waals surface area contributed by atoms with Crippen molar-refractivity contribution in [2.75, 3.05) is 12.4 Å². The third kappa shape index (κ3) is 3.24. The van der Waals surface area contributed by atoms with Crippen molar-refractivity contribution in [3.8, 4) is 0 Å². The first-order valence-electron chi connectivity index (χ1n) is 7.46. The zero-order valence-electron chi connectivity index (χ0n) is 13.2. The van der Waals surface area contributed by atoms with E-state index in [0.717, 1.165) is 17.7 Å². The van der Waals surface area contributed by atoms with Crippen LogP contribution in [0.3, 0.4) is 0 Å². The molecule has 0 aromatic heterocycles. The van der Waals surface area contributed by atoms with Crippen LogP contribution in [0.25, 0.3) is 0 Å². The number of hydrogen-bond donors (Lipinski definition) is 1. The predicted molar refractivity (Wildman–Crippen MR) is 88.2 cm³/mol. The van der Waals surface area contributed by atoms with E-state index in [2.05, 4.69) is 27.7 Å². The number of aryl methyl sites for hydroxylation is 1. The second-order valence-corrected chi connectivity index (χ2v) is 5.79. The molecular weight excluding hydrogens is 290 g/mol. The highest BCUT2D eigenvalue weighted by molar-refractivity contribution is 6.42. The maximum absolute atomic E-state index is 11.6. The highest BCUT2D eigenvalue weighted by atomic mass is 16.2. The molecule has 2 aromatic carbocycles. The molecule has 5 heteroatoms. The Balaban J connectivity index is 1.84. The predicted octanol–water partition coefficient (Wildman–Crippen LogP) is 2.34. The van der Waals surface area contributed by atoms with Gasteiger partial charge in [0, 0.05) is 13.1 Å². The van der Waals surface area contributed by atoms with Gasteiger partial charge in [0.25, 0.3) is 0 Å². The number of nitrogens with one attached hydrogen (secondary N) is 1. The summed E-state index contributed by atoms with van der Waals surface area (Å²) < 4.78 is 0. The van der Waals surface area contributed by atoms with Crippen LogP contribution in [0.15, 0.2) is 42.5 Å². The summed E-state index contributed by atoms with van der Waals surface area (Å²) in [5.41, 5.74) is 4.42. The Kier molecular flexibility index (Phi) is 4.12.